The van der Waals surface area contributed by atoms with Crippen LogP contribution in [0.4, 0.5) is 0 Å². The van der Waals surface area contributed by atoms with Crippen LogP contribution in [0.15, 0.2) is 28.9 Å². The van der Waals surface area contributed by atoms with Crippen LogP contribution < -0.4 is 0 Å². The zero-order valence-corrected chi connectivity index (χ0v) is 11.0. The Balaban J connectivity index is 2.01. The van der Waals surface area contributed by atoms with Crippen LogP contribution in [-0.4, -0.2) is 44.8 Å². The summed E-state index contributed by atoms with van der Waals surface area (Å²) >= 11 is 0. The third-order valence-corrected chi connectivity index (χ3v) is 2.80. The second-order valence-corrected chi connectivity index (χ2v) is 4.17. The van der Waals surface area contributed by atoms with Crippen molar-refractivity contribution >= 4 is 0 Å². The van der Waals surface area contributed by atoms with E-state index in [9.17, 15) is 0 Å². The van der Waals surface area contributed by atoms with Crippen molar-refractivity contribution in [3.8, 4) is 11.5 Å². The lowest BCUT2D eigenvalue weighted by atomic mass is 10.3. The highest BCUT2D eigenvalue weighted by Gasteiger charge is 2.12. The third kappa shape index (κ3) is 3.84. The standard InChI is InChI=1S/C13H18N4O2/c1-2-17(8-5-9-18)10-12-15-13(16-19-12)11-6-3-4-7-14-11/h3-4,6-7,18H,2,5,8-10H2,1H3. The molecule has 0 aromatic carbocycles. The number of aromatic nitrogens is 3. The van der Waals surface area contributed by atoms with E-state index in [4.69, 9.17) is 9.63 Å². The van der Waals surface area contributed by atoms with Gasteiger partial charge in [-0.15, -0.1) is 0 Å². The number of rotatable bonds is 7. The van der Waals surface area contributed by atoms with Crippen LogP contribution in [0.5, 0.6) is 0 Å². The summed E-state index contributed by atoms with van der Waals surface area (Å²) in [5.74, 6) is 1.08. The van der Waals surface area contributed by atoms with Crippen molar-refractivity contribution in [2.75, 3.05) is 19.7 Å². The minimum absolute atomic E-state index is 0.194. The van der Waals surface area contributed by atoms with Gasteiger partial charge in [0.25, 0.3) is 0 Å². The van der Waals surface area contributed by atoms with Gasteiger partial charge in [0.05, 0.1) is 6.54 Å². The zero-order chi connectivity index (χ0) is 13.5. The molecule has 2 aromatic heterocycles. The minimum atomic E-state index is 0.194. The van der Waals surface area contributed by atoms with Gasteiger partial charge in [0, 0.05) is 19.3 Å². The molecule has 1 N–H and O–H groups in total. The number of pyridine rings is 1. The summed E-state index contributed by atoms with van der Waals surface area (Å²) in [5.41, 5.74) is 0.705. The lowest BCUT2D eigenvalue weighted by Crippen LogP contribution is -2.24. The maximum absolute atomic E-state index is 8.84. The normalized spacial score (nSPS) is 11.1. The van der Waals surface area contributed by atoms with E-state index >= 15 is 0 Å². The van der Waals surface area contributed by atoms with Gasteiger partial charge in [0.15, 0.2) is 0 Å². The van der Waals surface area contributed by atoms with E-state index in [0.717, 1.165) is 19.5 Å². The Morgan fingerprint density at radius 2 is 2.26 bits per heavy atom. The lowest BCUT2D eigenvalue weighted by Gasteiger charge is -2.16. The van der Waals surface area contributed by atoms with E-state index < -0.39 is 0 Å². The maximum atomic E-state index is 8.84. The predicted molar refractivity (Wildman–Crippen MR) is 70.2 cm³/mol. The quantitative estimate of drug-likeness (QED) is 0.811. The van der Waals surface area contributed by atoms with Crippen molar-refractivity contribution in [3.05, 3.63) is 30.3 Å². The van der Waals surface area contributed by atoms with E-state index in [-0.39, 0.29) is 6.61 Å². The molecule has 0 aliphatic heterocycles. The summed E-state index contributed by atoms with van der Waals surface area (Å²) in [7, 11) is 0. The van der Waals surface area contributed by atoms with Crippen molar-refractivity contribution in [3.63, 3.8) is 0 Å². The molecule has 6 heteroatoms. The Bertz CT molecular complexity index is 486. The first-order valence-corrected chi connectivity index (χ1v) is 6.40. The monoisotopic (exact) mass is 262 g/mol. The highest BCUT2D eigenvalue weighted by atomic mass is 16.5. The van der Waals surface area contributed by atoms with E-state index in [2.05, 4.69) is 26.9 Å². The molecule has 0 saturated heterocycles. The van der Waals surface area contributed by atoms with Crippen molar-refractivity contribution in [2.24, 2.45) is 0 Å². The number of hydrogen-bond acceptors (Lipinski definition) is 6. The largest absolute Gasteiger partial charge is 0.396 e. The molecule has 0 fully saturated rings. The van der Waals surface area contributed by atoms with Gasteiger partial charge in [-0.3, -0.25) is 9.88 Å². The lowest BCUT2D eigenvalue weighted by molar-refractivity contribution is 0.205. The minimum Gasteiger partial charge on any atom is -0.396 e. The molecular formula is C13H18N4O2. The van der Waals surface area contributed by atoms with Gasteiger partial charge in [-0.2, -0.15) is 4.98 Å². The highest BCUT2D eigenvalue weighted by molar-refractivity contribution is 5.46. The van der Waals surface area contributed by atoms with Crippen molar-refractivity contribution < 1.29 is 9.63 Å². The molecule has 0 bridgehead atoms. The first-order chi connectivity index (χ1) is 9.33. The summed E-state index contributed by atoms with van der Waals surface area (Å²) in [6.45, 7) is 4.54. The maximum Gasteiger partial charge on any atom is 0.241 e. The summed E-state index contributed by atoms with van der Waals surface area (Å²) in [6, 6.07) is 5.58. The second-order valence-electron chi connectivity index (χ2n) is 4.17. The zero-order valence-electron chi connectivity index (χ0n) is 11.0. The number of nitrogens with zero attached hydrogens (tertiary/aromatic N) is 4. The SMILES string of the molecule is CCN(CCCO)Cc1nc(-c2ccccn2)no1. The first-order valence-electron chi connectivity index (χ1n) is 6.40. The molecule has 0 atom stereocenters. The molecule has 6 nitrogen and oxygen atoms in total. The molecule has 19 heavy (non-hydrogen) atoms. The summed E-state index contributed by atoms with van der Waals surface area (Å²) < 4.78 is 5.23. The summed E-state index contributed by atoms with van der Waals surface area (Å²) in [6.07, 6.45) is 2.44. The summed E-state index contributed by atoms with van der Waals surface area (Å²) in [5, 5.41) is 12.8. The predicted octanol–water partition coefficient (Wildman–Crippen LogP) is 1.34. The fraction of sp³-hybridized carbons (Fsp3) is 0.462. The van der Waals surface area contributed by atoms with Gasteiger partial charge in [-0.25, -0.2) is 0 Å². The Hall–Kier alpha value is -1.79. The fourth-order valence-electron chi connectivity index (χ4n) is 1.75. The molecule has 0 unspecified atom stereocenters. The number of hydrogen-bond donors (Lipinski definition) is 1. The number of aliphatic hydroxyl groups excluding tert-OH is 1. The van der Waals surface area contributed by atoms with E-state index in [1.807, 2.05) is 18.2 Å². The van der Waals surface area contributed by atoms with Crippen molar-refractivity contribution in [2.45, 2.75) is 19.9 Å². The second kappa shape index (κ2) is 6.96. The Kier molecular flexibility index (Phi) is 5.00. The van der Waals surface area contributed by atoms with Crippen LogP contribution in [0.1, 0.15) is 19.2 Å². The molecule has 0 aliphatic rings. The van der Waals surface area contributed by atoms with Crippen LogP contribution in [0.25, 0.3) is 11.5 Å². The van der Waals surface area contributed by atoms with Gasteiger partial charge in [0.1, 0.15) is 5.69 Å². The van der Waals surface area contributed by atoms with E-state index in [1.165, 1.54) is 0 Å². The molecule has 2 heterocycles. The van der Waals surface area contributed by atoms with Crippen molar-refractivity contribution in [1.29, 1.82) is 0 Å². The van der Waals surface area contributed by atoms with E-state index in [0.29, 0.717) is 24.0 Å². The topological polar surface area (TPSA) is 75.3 Å². The molecule has 0 amide bonds. The van der Waals surface area contributed by atoms with Gasteiger partial charge in [-0.1, -0.05) is 18.1 Å². The smallest absolute Gasteiger partial charge is 0.241 e. The molecule has 2 rings (SSSR count). The Morgan fingerprint density at radius 1 is 1.37 bits per heavy atom. The Labute approximate surface area is 112 Å². The number of aliphatic hydroxyl groups is 1. The van der Waals surface area contributed by atoms with Gasteiger partial charge < -0.3 is 9.63 Å². The average molecular weight is 262 g/mol. The van der Waals surface area contributed by atoms with Crippen LogP contribution in [0.3, 0.4) is 0 Å². The van der Waals surface area contributed by atoms with Crippen molar-refractivity contribution in [1.82, 2.24) is 20.0 Å². The van der Waals surface area contributed by atoms with Crippen LogP contribution in [-0.2, 0) is 6.54 Å². The summed E-state index contributed by atoms with van der Waals surface area (Å²) in [4.78, 5) is 10.7. The van der Waals surface area contributed by atoms with Gasteiger partial charge in [-0.05, 0) is 25.1 Å². The molecule has 2 aromatic rings. The molecular weight excluding hydrogens is 244 g/mol. The molecule has 102 valence electrons. The van der Waals surface area contributed by atoms with Crippen LogP contribution in [0.2, 0.25) is 0 Å². The first kappa shape index (κ1) is 13.6. The Morgan fingerprint density at radius 3 is 2.95 bits per heavy atom. The highest BCUT2D eigenvalue weighted by Crippen LogP contribution is 2.12. The molecule has 0 spiro atoms. The molecule has 0 aliphatic carbocycles. The van der Waals surface area contributed by atoms with Crippen LogP contribution >= 0.6 is 0 Å². The van der Waals surface area contributed by atoms with E-state index in [1.54, 1.807) is 6.20 Å². The molecule has 0 radical (unpaired) electrons. The van der Waals surface area contributed by atoms with Crippen LogP contribution in [0, 0.1) is 0 Å². The molecule has 0 saturated carbocycles. The van der Waals surface area contributed by atoms with Gasteiger partial charge in [0.2, 0.25) is 11.7 Å². The van der Waals surface area contributed by atoms with Gasteiger partial charge >= 0.3 is 0 Å². The fourth-order valence-corrected chi connectivity index (χ4v) is 1.75. The third-order valence-electron chi connectivity index (χ3n) is 2.80. The average Bonchev–Trinajstić information content (AvgIpc) is 2.93.